The van der Waals surface area contributed by atoms with E-state index in [1.165, 1.54) is 12.3 Å². The Balaban J connectivity index is 2.30. The van der Waals surface area contributed by atoms with Gasteiger partial charge in [0.2, 0.25) is 5.88 Å². The van der Waals surface area contributed by atoms with Crippen LogP contribution in [0.3, 0.4) is 0 Å². The van der Waals surface area contributed by atoms with Crippen LogP contribution >= 0.6 is 23.2 Å². The molecule has 0 unspecified atom stereocenters. The second-order valence-electron chi connectivity index (χ2n) is 3.79. The molecule has 0 fully saturated rings. The van der Waals surface area contributed by atoms with Gasteiger partial charge in [0, 0.05) is 6.20 Å². The number of alkyl halides is 3. The SMILES string of the molecule is Nc1cc(C(F)(F)F)ccc1Oc1ncc(Cl)cc1Cl. The molecule has 0 atom stereocenters. The van der Waals surface area contributed by atoms with Gasteiger partial charge in [-0.15, -0.1) is 0 Å². The van der Waals surface area contributed by atoms with Gasteiger partial charge in [-0.1, -0.05) is 23.2 Å². The molecule has 0 spiro atoms. The Morgan fingerprint density at radius 1 is 1.15 bits per heavy atom. The van der Waals surface area contributed by atoms with Crippen molar-refractivity contribution in [1.82, 2.24) is 4.98 Å². The van der Waals surface area contributed by atoms with Crippen molar-refractivity contribution in [1.29, 1.82) is 0 Å². The molecule has 1 aromatic heterocycles. The number of ether oxygens (including phenoxy) is 1. The van der Waals surface area contributed by atoms with Gasteiger partial charge in [-0.2, -0.15) is 13.2 Å². The van der Waals surface area contributed by atoms with Gasteiger partial charge in [-0.05, 0) is 24.3 Å². The molecule has 8 heteroatoms. The first-order chi connectivity index (χ1) is 9.27. The molecule has 3 nitrogen and oxygen atoms in total. The summed E-state index contributed by atoms with van der Waals surface area (Å²) in [6, 6.07) is 4.13. The lowest BCUT2D eigenvalue weighted by molar-refractivity contribution is -0.137. The highest BCUT2D eigenvalue weighted by Gasteiger charge is 2.31. The van der Waals surface area contributed by atoms with Crippen LogP contribution in [0.2, 0.25) is 10.0 Å². The molecule has 0 saturated carbocycles. The average Bonchev–Trinajstić information content (AvgIpc) is 2.33. The molecule has 106 valence electrons. The van der Waals surface area contributed by atoms with Gasteiger partial charge in [-0.25, -0.2) is 4.98 Å². The molecule has 20 heavy (non-hydrogen) atoms. The van der Waals surface area contributed by atoms with Crippen LogP contribution in [0, 0.1) is 0 Å². The topological polar surface area (TPSA) is 48.1 Å². The zero-order valence-electron chi connectivity index (χ0n) is 9.71. The number of aromatic nitrogens is 1. The van der Waals surface area contributed by atoms with E-state index in [4.69, 9.17) is 33.7 Å². The van der Waals surface area contributed by atoms with Crippen LogP contribution in [0.25, 0.3) is 0 Å². The van der Waals surface area contributed by atoms with E-state index >= 15 is 0 Å². The predicted molar refractivity (Wildman–Crippen MR) is 70.2 cm³/mol. The molecule has 0 aliphatic rings. The Kier molecular flexibility index (Phi) is 3.96. The lowest BCUT2D eigenvalue weighted by Crippen LogP contribution is -2.06. The van der Waals surface area contributed by atoms with E-state index in [1.807, 2.05) is 0 Å². The second kappa shape index (κ2) is 5.38. The standard InChI is InChI=1S/C12H7Cl2F3N2O/c13-7-4-8(14)11(19-5-7)20-10-2-1-6(3-9(10)18)12(15,16)17/h1-5H,18H2. The van der Waals surface area contributed by atoms with Gasteiger partial charge in [0.15, 0.2) is 5.75 Å². The molecule has 0 bridgehead atoms. The van der Waals surface area contributed by atoms with Gasteiger partial charge >= 0.3 is 6.18 Å². The Morgan fingerprint density at radius 3 is 2.40 bits per heavy atom. The lowest BCUT2D eigenvalue weighted by atomic mass is 10.2. The molecule has 2 rings (SSSR count). The van der Waals surface area contributed by atoms with Crippen LogP contribution in [0.15, 0.2) is 30.5 Å². The largest absolute Gasteiger partial charge is 0.435 e. The number of halogens is 5. The lowest BCUT2D eigenvalue weighted by Gasteiger charge is -2.12. The van der Waals surface area contributed by atoms with Crippen LogP contribution < -0.4 is 10.5 Å². The molecule has 0 amide bonds. The Hall–Kier alpha value is -1.66. The second-order valence-corrected chi connectivity index (χ2v) is 4.64. The smallest absolute Gasteiger partial charge is 0.416 e. The highest BCUT2D eigenvalue weighted by molar-refractivity contribution is 6.35. The molecule has 2 aromatic rings. The van der Waals surface area contributed by atoms with E-state index < -0.39 is 11.7 Å². The fourth-order valence-corrected chi connectivity index (χ4v) is 1.82. The van der Waals surface area contributed by atoms with Gasteiger partial charge in [-0.3, -0.25) is 0 Å². The number of pyridine rings is 1. The summed E-state index contributed by atoms with van der Waals surface area (Å²) in [5, 5.41) is 0.430. The first-order valence-electron chi connectivity index (χ1n) is 5.23. The summed E-state index contributed by atoms with van der Waals surface area (Å²) < 4.78 is 42.7. The highest BCUT2D eigenvalue weighted by Crippen LogP contribution is 2.36. The number of anilines is 1. The molecule has 0 aliphatic heterocycles. The molecule has 1 aromatic carbocycles. The molecule has 0 radical (unpaired) electrons. The minimum atomic E-state index is -4.47. The van der Waals surface area contributed by atoms with Crippen molar-refractivity contribution >= 4 is 28.9 Å². The van der Waals surface area contributed by atoms with Crippen LogP contribution in [-0.2, 0) is 6.18 Å². The third-order valence-corrected chi connectivity index (χ3v) is 2.80. The van der Waals surface area contributed by atoms with E-state index in [0.717, 1.165) is 18.2 Å². The minimum absolute atomic E-state index is 0.00234. The first-order valence-corrected chi connectivity index (χ1v) is 5.98. The van der Waals surface area contributed by atoms with E-state index in [1.54, 1.807) is 0 Å². The fraction of sp³-hybridized carbons (Fsp3) is 0.0833. The van der Waals surface area contributed by atoms with E-state index in [9.17, 15) is 13.2 Å². The Bertz CT molecular complexity index is 647. The van der Waals surface area contributed by atoms with Crippen LogP contribution in [-0.4, -0.2) is 4.98 Å². The average molecular weight is 323 g/mol. The van der Waals surface area contributed by atoms with Crippen LogP contribution in [0.1, 0.15) is 5.56 Å². The van der Waals surface area contributed by atoms with Crippen molar-refractivity contribution < 1.29 is 17.9 Å². The molecular weight excluding hydrogens is 316 g/mol. The summed E-state index contributed by atoms with van der Waals surface area (Å²) in [4.78, 5) is 3.82. The van der Waals surface area contributed by atoms with Crippen LogP contribution in [0.5, 0.6) is 11.6 Å². The number of benzene rings is 1. The summed E-state index contributed by atoms with van der Waals surface area (Å²) in [5.41, 5.74) is 4.49. The van der Waals surface area contributed by atoms with Gasteiger partial charge < -0.3 is 10.5 Å². The Labute approximate surface area is 122 Å². The summed E-state index contributed by atoms with van der Waals surface area (Å²) in [6.07, 6.45) is -3.17. The zero-order valence-corrected chi connectivity index (χ0v) is 11.2. The zero-order chi connectivity index (χ0) is 14.9. The maximum absolute atomic E-state index is 12.5. The van der Waals surface area contributed by atoms with Crippen molar-refractivity contribution in [2.24, 2.45) is 0 Å². The van der Waals surface area contributed by atoms with Crippen molar-refractivity contribution in [2.75, 3.05) is 5.73 Å². The third kappa shape index (κ3) is 3.26. The highest BCUT2D eigenvalue weighted by atomic mass is 35.5. The van der Waals surface area contributed by atoms with Crippen molar-refractivity contribution in [3.63, 3.8) is 0 Å². The number of nitrogens with two attached hydrogens (primary N) is 1. The van der Waals surface area contributed by atoms with Gasteiger partial charge in [0.05, 0.1) is 16.3 Å². The predicted octanol–water partition coefficient (Wildman–Crippen LogP) is 4.78. The monoisotopic (exact) mass is 322 g/mol. The summed E-state index contributed by atoms with van der Waals surface area (Å²) >= 11 is 11.5. The summed E-state index contributed by atoms with van der Waals surface area (Å²) in [5.74, 6) is 0.0252. The van der Waals surface area contributed by atoms with Crippen molar-refractivity contribution in [3.05, 3.63) is 46.1 Å². The number of nitrogen functional groups attached to an aromatic ring is 1. The van der Waals surface area contributed by atoms with Crippen molar-refractivity contribution in [2.45, 2.75) is 6.18 Å². The molecule has 1 heterocycles. The van der Waals surface area contributed by atoms with E-state index in [-0.39, 0.29) is 22.3 Å². The van der Waals surface area contributed by atoms with Crippen LogP contribution in [0.4, 0.5) is 18.9 Å². The Morgan fingerprint density at radius 2 is 1.85 bits per heavy atom. The normalized spacial score (nSPS) is 11.4. The third-order valence-electron chi connectivity index (χ3n) is 2.32. The maximum Gasteiger partial charge on any atom is 0.416 e. The summed E-state index contributed by atoms with van der Waals surface area (Å²) in [6.45, 7) is 0. The first kappa shape index (κ1) is 14.7. The quantitative estimate of drug-likeness (QED) is 0.809. The number of rotatable bonds is 2. The molecular formula is C12H7Cl2F3N2O. The maximum atomic E-state index is 12.5. The van der Waals surface area contributed by atoms with Gasteiger partial charge in [0.25, 0.3) is 0 Å². The van der Waals surface area contributed by atoms with Crippen molar-refractivity contribution in [3.8, 4) is 11.6 Å². The molecule has 0 saturated heterocycles. The van der Waals surface area contributed by atoms with Gasteiger partial charge in [0.1, 0.15) is 5.02 Å². The summed E-state index contributed by atoms with van der Waals surface area (Å²) in [7, 11) is 0. The number of nitrogens with zero attached hydrogens (tertiary/aromatic N) is 1. The molecule has 2 N–H and O–H groups in total. The fourth-order valence-electron chi connectivity index (χ4n) is 1.40. The van der Waals surface area contributed by atoms with E-state index in [0.29, 0.717) is 5.02 Å². The number of hydrogen-bond acceptors (Lipinski definition) is 3. The molecule has 0 aliphatic carbocycles. The minimum Gasteiger partial charge on any atom is -0.435 e. The number of hydrogen-bond donors (Lipinski definition) is 1. The van der Waals surface area contributed by atoms with E-state index in [2.05, 4.69) is 4.98 Å².